The topological polar surface area (TPSA) is 29.5 Å². The van der Waals surface area contributed by atoms with Gasteiger partial charge >= 0.3 is 0 Å². The van der Waals surface area contributed by atoms with Crippen LogP contribution in [0.3, 0.4) is 0 Å². The molecule has 2 nitrogen and oxygen atoms in total. The van der Waals surface area contributed by atoms with Crippen LogP contribution in [0.2, 0.25) is 0 Å². The summed E-state index contributed by atoms with van der Waals surface area (Å²) in [5.41, 5.74) is 3.30. The van der Waals surface area contributed by atoms with Crippen LogP contribution in [0.1, 0.15) is 5.56 Å². The number of aromatic hydroxyl groups is 1. The normalized spacial score (nSPS) is 10.1. The molecule has 0 aliphatic carbocycles. The maximum atomic E-state index is 9.38. The molecule has 0 saturated carbocycles. The van der Waals surface area contributed by atoms with Crippen LogP contribution in [0.15, 0.2) is 42.5 Å². The largest absolute Gasteiger partial charge is 0.508 e. The van der Waals surface area contributed by atoms with Gasteiger partial charge in [0.25, 0.3) is 0 Å². The third kappa shape index (κ3) is 2.01. The zero-order chi connectivity index (χ0) is 11.5. The summed E-state index contributed by atoms with van der Waals surface area (Å²) in [6, 6.07) is 13.4. The van der Waals surface area contributed by atoms with E-state index in [0.717, 1.165) is 11.1 Å². The molecule has 2 aromatic carbocycles. The third-order valence-electron chi connectivity index (χ3n) is 2.55. The van der Waals surface area contributed by atoms with Crippen molar-refractivity contribution in [3.8, 4) is 22.6 Å². The number of hydrogen-bond donors (Lipinski definition) is 1. The van der Waals surface area contributed by atoms with Gasteiger partial charge in [-0.1, -0.05) is 29.8 Å². The van der Waals surface area contributed by atoms with Crippen molar-refractivity contribution in [1.29, 1.82) is 0 Å². The molecule has 82 valence electrons. The average molecular weight is 214 g/mol. The SMILES string of the molecule is COc1cc(O)ccc1-c1ccc(C)cc1. The molecule has 0 atom stereocenters. The van der Waals surface area contributed by atoms with E-state index in [1.54, 1.807) is 19.2 Å². The van der Waals surface area contributed by atoms with E-state index in [2.05, 4.69) is 19.1 Å². The first-order valence-electron chi connectivity index (χ1n) is 5.15. The predicted octanol–water partition coefficient (Wildman–Crippen LogP) is 3.38. The third-order valence-corrected chi connectivity index (χ3v) is 2.55. The monoisotopic (exact) mass is 214 g/mol. The fourth-order valence-electron chi connectivity index (χ4n) is 1.65. The molecule has 1 N–H and O–H groups in total. The molecule has 0 aliphatic heterocycles. The highest BCUT2D eigenvalue weighted by atomic mass is 16.5. The maximum Gasteiger partial charge on any atom is 0.130 e. The summed E-state index contributed by atoms with van der Waals surface area (Å²) in [5.74, 6) is 0.900. The molecule has 2 heteroatoms. The van der Waals surface area contributed by atoms with Gasteiger partial charge in [-0.25, -0.2) is 0 Å². The van der Waals surface area contributed by atoms with E-state index in [9.17, 15) is 5.11 Å². The van der Waals surface area contributed by atoms with Crippen LogP contribution in [-0.4, -0.2) is 12.2 Å². The van der Waals surface area contributed by atoms with Crippen LogP contribution in [0.5, 0.6) is 11.5 Å². The molecule has 0 spiro atoms. The molecule has 0 bridgehead atoms. The molecule has 2 rings (SSSR count). The van der Waals surface area contributed by atoms with E-state index < -0.39 is 0 Å². The summed E-state index contributed by atoms with van der Waals surface area (Å²) in [7, 11) is 1.60. The van der Waals surface area contributed by atoms with Crippen molar-refractivity contribution in [2.45, 2.75) is 6.92 Å². The Labute approximate surface area is 95.1 Å². The number of methoxy groups -OCH3 is 1. The Kier molecular flexibility index (Phi) is 2.82. The Balaban J connectivity index is 2.51. The van der Waals surface area contributed by atoms with Gasteiger partial charge in [0, 0.05) is 11.6 Å². The van der Waals surface area contributed by atoms with Gasteiger partial charge in [0.1, 0.15) is 11.5 Å². The number of rotatable bonds is 2. The Morgan fingerprint density at radius 1 is 1.00 bits per heavy atom. The summed E-state index contributed by atoms with van der Waals surface area (Å²) in [5, 5.41) is 9.38. The lowest BCUT2D eigenvalue weighted by molar-refractivity contribution is 0.409. The summed E-state index contributed by atoms with van der Waals surface area (Å²) < 4.78 is 5.25. The van der Waals surface area contributed by atoms with Crippen molar-refractivity contribution in [1.82, 2.24) is 0 Å². The van der Waals surface area contributed by atoms with Crippen LogP contribution < -0.4 is 4.74 Å². The Bertz CT molecular complexity index is 487. The second-order valence-corrected chi connectivity index (χ2v) is 3.75. The molecule has 0 aromatic heterocycles. The molecule has 0 unspecified atom stereocenters. The van der Waals surface area contributed by atoms with Crippen molar-refractivity contribution in [2.75, 3.05) is 7.11 Å². The Morgan fingerprint density at radius 2 is 1.69 bits per heavy atom. The van der Waals surface area contributed by atoms with Crippen LogP contribution in [0.25, 0.3) is 11.1 Å². The van der Waals surface area contributed by atoms with Crippen molar-refractivity contribution < 1.29 is 9.84 Å². The Morgan fingerprint density at radius 3 is 2.31 bits per heavy atom. The standard InChI is InChI=1S/C14H14O2/c1-10-3-5-11(6-4-10)13-8-7-12(15)9-14(13)16-2/h3-9,15H,1-2H3. The van der Waals surface area contributed by atoms with Gasteiger partial charge in [0.15, 0.2) is 0 Å². The second-order valence-electron chi connectivity index (χ2n) is 3.75. The highest BCUT2D eigenvalue weighted by Crippen LogP contribution is 2.32. The predicted molar refractivity (Wildman–Crippen MR) is 64.8 cm³/mol. The molecule has 2 aromatic rings. The number of phenolic OH excluding ortho intramolecular Hbond substituents is 1. The minimum Gasteiger partial charge on any atom is -0.508 e. The quantitative estimate of drug-likeness (QED) is 0.830. The Hall–Kier alpha value is -1.96. The smallest absolute Gasteiger partial charge is 0.130 e. The second kappa shape index (κ2) is 4.27. The lowest BCUT2D eigenvalue weighted by atomic mass is 10.0. The van der Waals surface area contributed by atoms with Crippen LogP contribution >= 0.6 is 0 Å². The van der Waals surface area contributed by atoms with E-state index in [0.29, 0.717) is 5.75 Å². The summed E-state index contributed by atoms with van der Waals surface area (Å²) >= 11 is 0. The number of phenols is 1. The van der Waals surface area contributed by atoms with Crippen molar-refractivity contribution in [2.24, 2.45) is 0 Å². The van der Waals surface area contributed by atoms with E-state index in [1.165, 1.54) is 5.56 Å². The summed E-state index contributed by atoms with van der Waals surface area (Å²) in [4.78, 5) is 0. The van der Waals surface area contributed by atoms with E-state index in [1.807, 2.05) is 18.2 Å². The molecule has 0 saturated heterocycles. The molecule has 0 radical (unpaired) electrons. The van der Waals surface area contributed by atoms with Gasteiger partial charge in [-0.05, 0) is 24.6 Å². The molecule has 0 fully saturated rings. The van der Waals surface area contributed by atoms with Crippen molar-refractivity contribution >= 4 is 0 Å². The molecule has 16 heavy (non-hydrogen) atoms. The maximum absolute atomic E-state index is 9.38. The fourth-order valence-corrected chi connectivity index (χ4v) is 1.65. The molecule has 0 amide bonds. The lowest BCUT2D eigenvalue weighted by Gasteiger charge is -2.09. The first-order valence-corrected chi connectivity index (χ1v) is 5.15. The number of aryl methyl sites for hydroxylation is 1. The number of hydrogen-bond acceptors (Lipinski definition) is 2. The van der Waals surface area contributed by atoms with E-state index in [-0.39, 0.29) is 5.75 Å². The zero-order valence-corrected chi connectivity index (χ0v) is 9.40. The molecule has 0 aliphatic rings. The van der Waals surface area contributed by atoms with Gasteiger partial charge < -0.3 is 9.84 Å². The van der Waals surface area contributed by atoms with Gasteiger partial charge in [-0.3, -0.25) is 0 Å². The molecule has 0 heterocycles. The minimum atomic E-state index is 0.215. The number of benzene rings is 2. The molecular formula is C14H14O2. The van der Waals surface area contributed by atoms with Gasteiger partial charge in [0.2, 0.25) is 0 Å². The minimum absolute atomic E-state index is 0.215. The number of ether oxygens (including phenoxy) is 1. The fraction of sp³-hybridized carbons (Fsp3) is 0.143. The molecular weight excluding hydrogens is 200 g/mol. The average Bonchev–Trinajstić information content (AvgIpc) is 2.30. The highest BCUT2D eigenvalue weighted by Gasteiger charge is 2.06. The van der Waals surface area contributed by atoms with Gasteiger partial charge in [0.05, 0.1) is 7.11 Å². The van der Waals surface area contributed by atoms with Crippen molar-refractivity contribution in [3.63, 3.8) is 0 Å². The summed E-state index contributed by atoms with van der Waals surface area (Å²) in [6.45, 7) is 2.05. The van der Waals surface area contributed by atoms with Crippen LogP contribution in [0, 0.1) is 6.92 Å². The zero-order valence-electron chi connectivity index (χ0n) is 9.40. The van der Waals surface area contributed by atoms with Crippen LogP contribution in [-0.2, 0) is 0 Å². The lowest BCUT2D eigenvalue weighted by Crippen LogP contribution is -1.87. The van der Waals surface area contributed by atoms with Crippen molar-refractivity contribution in [3.05, 3.63) is 48.0 Å². The van der Waals surface area contributed by atoms with Crippen LogP contribution in [0.4, 0.5) is 0 Å². The first-order chi connectivity index (χ1) is 7.70. The highest BCUT2D eigenvalue weighted by molar-refractivity contribution is 5.71. The van der Waals surface area contributed by atoms with E-state index in [4.69, 9.17) is 4.74 Å². The van der Waals surface area contributed by atoms with E-state index >= 15 is 0 Å². The van der Waals surface area contributed by atoms with Gasteiger partial charge in [-0.15, -0.1) is 0 Å². The first kappa shape index (κ1) is 10.6. The van der Waals surface area contributed by atoms with Gasteiger partial charge in [-0.2, -0.15) is 0 Å². The summed E-state index contributed by atoms with van der Waals surface area (Å²) in [6.07, 6.45) is 0.